The molecule has 3 nitrogen and oxygen atoms in total. The lowest BCUT2D eigenvalue weighted by atomic mass is 9.96. The first-order chi connectivity index (χ1) is 9.48. The van der Waals surface area contributed by atoms with E-state index in [-0.39, 0.29) is 5.54 Å². The van der Waals surface area contributed by atoms with Crippen molar-refractivity contribution in [2.45, 2.75) is 59.0 Å². The van der Waals surface area contributed by atoms with Gasteiger partial charge in [0.05, 0.1) is 5.69 Å². The van der Waals surface area contributed by atoms with Crippen LogP contribution in [0.15, 0.2) is 18.2 Å². The fourth-order valence-corrected chi connectivity index (χ4v) is 2.70. The molecule has 1 aliphatic rings. The highest BCUT2D eigenvalue weighted by atomic mass is 15.2. The third kappa shape index (κ3) is 4.48. The molecule has 1 unspecified atom stereocenters. The van der Waals surface area contributed by atoms with E-state index < -0.39 is 0 Å². The molecule has 0 aromatic carbocycles. The van der Waals surface area contributed by atoms with Crippen molar-refractivity contribution < 1.29 is 0 Å². The minimum Gasteiger partial charge on any atom is -0.356 e. The quantitative estimate of drug-likeness (QED) is 0.910. The van der Waals surface area contributed by atoms with Crippen LogP contribution < -0.4 is 10.2 Å². The largest absolute Gasteiger partial charge is 0.356 e. The SMILES string of the molecule is CCC1CCCN(c2cccc(CNC(C)(C)C)n2)C1. The fraction of sp³-hybridized carbons (Fsp3) is 0.706. The monoisotopic (exact) mass is 275 g/mol. The zero-order valence-electron chi connectivity index (χ0n) is 13.4. The Labute approximate surface area is 123 Å². The van der Waals surface area contributed by atoms with Crippen molar-refractivity contribution in [3.8, 4) is 0 Å². The molecule has 0 spiro atoms. The van der Waals surface area contributed by atoms with Crippen LogP contribution in [0.5, 0.6) is 0 Å². The summed E-state index contributed by atoms with van der Waals surface area (Å²) in [5.41, 5.74) is 1.27. The molecule has 0 amide bonds. The first-order valence-corrected chi connectivity index (χ1v) is 7.94. The second kappa shape index (κ2) is 6.57. The molecule has 1 N–H and O–H groups in total. The third-order valence-electron chi connectivity index (χ3n) is 4.01. The maximum Gasteiger partial charge on any atom is 0.128 e. The highest BCUT2D eigenvalue weighted by molar-refractivity contribution is 5.39. The van der Waals surface area contributed by atoms with Crippen LogP contribution in [-0.2, 0) is 6.54 Å². The molecular weight excluding hydrogens is 246 g/mol. The summed E-state index contributed by atoms with van der Waals surface area (Å²) in [6.07, 6.45) is 3.95. The molecule has 1 aliphatic heterocycles. The maximum atomic E-state index is 4.83. The molecular formula is C17H29N3. The fourth-order valence-electron chi connectivity index (χ4n) is 2.70. The van der Waals surface area contributed by atoms with Gasteiger partial charge in [0.25, 0.3) is 0 Å². The Morgan fingerprint density at radius 1 is 1.35 bits per heavy atom. The molecule has 0 radical (unpaired) electrons. The molecule has 2 heterocycles. The van der Waals surface area contributed by atoms with Crippen LogP contribution in [0.25, 0.3) is 0 Å². The van der Waals surface area contributed by atoms with Gasteiger partial charge in [-0.1, -0.05) is 19.4 Å². The van der Waals surface area contributed by atoms with Crippen molar-refractivity contribution in [3.63, 3.8) is 0 Å². The van der Waals surface area contributed by atoms with Gasteiger partial charge in [-0.15, -0.1) is 0 Å². The van der Waals surface area contributed by atoms with Gasteiger partial charge >= 0.3 is 0 Å². The number of hydrogen-bond donors (Lipinski definition) is 1. The van der Waals surface area contributed by atoms with E-state index in [9.17, 15) is 0 Å². The maximum absolute atomic E-state index is 4.83. The van der Waals surface area contributed by atoms with Gasteiger partial charge in [-0.25, -0.2) is 4.98 Å². The third-order valence-corrected chi connectivity index (χ3v) is 4.01. The molecule has 1 aromatic rings. The summed E-state index contributed by atoms with van der Waals surface area (Å²) >= 11 is 0. The molecule has 20 heavy (non-hydrogen) atoms. The zero-order valence-corrected chi connectivity index (χ0v) is 13.4. The first-order valence-electron chi connectivity index (χ1n) is 7.94. The van der Waals surface area contributed by atoms with Gasteiger partial charge < -0.3 is 10.2 Å². The number of pyridine rings is 1. The number of anilines is 1. The van der Waals surface area contributed by atoms with Crippen LogP contribution in [0.1, 0.15) is 52.7 Å². The first kappa shape index (κ1) is 15.3. The van der Waals surface area contributed by atoms with Crippen molar-refractivity contribution >= 4 is 5.82 Å². The van der Waals surface area contributed by atoms with E-state index in [0.29, 0.717) is 0 Å². The van der Waals surface area contributed by atoms with Gasteiger partial charge in [0.2, 0.25) is 0 Å². The Bertz CT molecular complexity index is 422. The standard InChI is InChI=1S/C17H29N3/c1-5-14-8-7-11-20(13-14)16-10-6-9-15(19-16)12-18-17(2,3)4/h6,9-10,14,18H,5,7-8,11-13H2,1-4H3. The molecule has 1 saturated heterocycles. The van der Waals surface area contributed by atoms with E-state index in [1.54, 1.807) is 0 Å². The van der Waals surface area contributed by atoms with E-state index in [2.05, 4.69) is 56.1 Å². The number of nitrogens with zero attached hydrogens (tertiary/aromatic N) is 2. The Hall–Kier alpha value is -1.09. The van der Waals surface area contributed by atoms with E-state index in [0.717, 1.165) is 30.5 Å². The minimum atomic E-state index is 0.135. The molecule has 1 aromatic heterocycles. The smallest absolute Gasteiger partial charge is 0.128 e. The van der Waals surface area contributed by atoms with Gasteiger partial charge in [0.1, 0.15) is 5.82 Å². The average molecular weight is 275 g/mol. The number of rotatable bonds is 4. The van der Waals surface area contributed by atoms with E-state index in [1.165, 1.54) is 25.8 Å². The van der Waals surface area contributed by atoms with Crippen LogP contribution >= 0.6 is 0 Å². The van der Waals surface area contributed by atoms with Crippen LogP contribution in [0.2, 0.25) is 0 Å². The Morgan fingerprint density at radius 3 is 2.85 bits per heavy atom. The molecule has 1 fully saturated rings. The minimum absolute atomic E-state index is 0.135. The molecule has 2 rings (SSSR count). The summed E-state index contributed by atoms with van der Waals surface area (Å²) in [7, 11) is 0. The predicted molar refractivity (Wildman–Crippen MR) is 86.1 cm³/mol. The van der Waals surface area contributed by atoms with Crippen molar-refractivity contribution in [1.29, 1.82) is 0 Å². The molecule has 0 bridgehead atoms. The van der Waals surface area contributed by atoms with E-state index in [4.69, 9.17) is 4.98 Å². The lowest BCUT2D eigenvalue weighted by Gasteiger charge is -2.33. The second-order valence-corrected chi connectivity index (χ2v) is 6.95. The van der Waals surface area contributed by atoms with Crippen molar-refractivity contribution in [2.24, 2.45) is 5.92 Å². The van der Waals surface area contributed by atoms with Gasteiger partial charge in [0, 0.05) is 25.2 Å². The second-order valence-electron chi connectivity index (χ2n) is 6.95. The van der Waals surface area contributed by atoms with E-state index in [1.807, 2.05) is 0 Å². The van der Waals surface area contributed by atoms with Crippen molar-refractivity contribution in [2.75, 3.05) is 18.0 Å². The van der Waals surface area contributed by atoms with E-state index >= 15 is 0 Å². The summed E-state index contributed by atoms with van der Waals surface area (Å²) in [4.78, 5) is 7.29. The Kier molecular flexibility index (Phi) is 5.03. The molecule has 1 atom stereocenters. The summed E-state index contributed by atoms with van der Waals surface area (Å²) in [5.74, 6) is 1.98. The molecule has 0 aliphatic carbocycles. The molecule has 112 valence electrons. The van der Waals surface area contributed by atoms with Crippen molar-refractivity contribution in [3.05, 3.63) is 23.9 Å². The predicted octanol–water partition coefficient (Wildman–Crippen LogP) is 3.60. The number of hydrogen-bond acceptors (Lipinski definition) is 3. The lowest BCUT2D eigenvalue weighted by molar-refractivity contribution is 0.402. The summed E-state index contributed by atoms with van der Waals surface area (Å²) in [6, 6.07) is 6.40. The number of nitrogens with one attached hydrogen (secondary N) is 1. The van der Waals surface area contributed by atoms with Crippen LogP contribution in [0, 0.1) is 5.92 Å². The van der Waals surface area contributed by atoms with Gasteiger partial charge in [-0.3, -0.25) is 0 Å². The molecule has 3 heteroatoms. The number of aromatic nitrogens is 1. The van der Waals surface area contributed by atoms with Crippen molar-refractivity contribution in [1.82, 2.24) is 10.3 Å². The van der Waals surface area contributed by atoms with Crippen LogP contribution in [-0.4, -0.2) is 23.6 Å². The summed E-state index contributed by atoms with van der Waals surface area (Å²) < 4.78 is 0. The highest BCUT2D eigenvalue weighted by Crippen LogP contribution is 2.23. The average Bonchev–Trinajstić information content (AvgIpc) is 2.45. The topological polar surface area (TPSA) is 28.2 Å². The Morgan fingerprint density at radius 2 is 2.15 bits per heavy atom. The van der Waals surface area contributed by atoms with Gasteiger partial charge in [-0.05, 0) is 51.7 Å². The Balaban J connectivity index is 2.01. The summed E-state index contributed by atoms with van der Waals surface area (Å²) in [5, 5.41) is 3.51. The zero-order chi connectivity index (χ0) is 14.6. The number of piperidine rings is 1. The lowest BCUT2D eigenvalue weighted by Crippen LogP contribution is -2.37. The summed E-state index contributed by atoms with van der Waals surface area (Å²) in [6.45, 7) is 12.0. The van der Waals surface area contributed by atoms with Gasteiger partial charge in [0.15, 0.2) is 0 Å². The van der Waals surface area contributed by atoms with Gasteiger partial charge in [-0.2, -0.15) is 0 Å². The van der Waals surface area contributed by atoms with Crippen LogP contribution in [0.3, 0.4) is 0 Å². The normalized spacial score (nSPS) is 20.2. The highest BCUT2D eigenvalue weighted by Gasteiger charge is 2.19. The van der Waals surface area contributed by atoms with Crippen LogP contribution in [0.4, 0.5) is 5.82 Å². The molecule has 0 saturated carbocycles.